The number of halogens is 3. The lowest BCUT2D eigenvalue weighted by molar-refractivity contribution is 0.165. The van der Waals surface area contributed by atoms with Crippen LogP contribution >= 0.6 is 0 Å². The minimum absolute atomic E-state index is 0.207. The molecule has 186 valence electrons. The second kappa shape index (κ2) is 10.4. The number of benzene rings is 2. The summed E-state index contributed by atoms with van der Waals surface area (Å²) in [5.74, 6) is 2.90. The van der Waals surface area contributed by atoms with Crippen LogP contribution in [0.4, 0.5) is 13.2 Å². The summed E-state index contributed by atoms with van der Waals surface area (Å²) in [6.45, 7) is 3.98. The molecule has 0 N–H and O–H groups in total. The second-order valence-electron chi connectivity index (χ2n) is 11.3. The highest BCUT2D eigenvalue weighted by molar-refractivity contribution is 5.75. The molecule has 0 spiro atoms. The van der Waals surface area contributed by atoms with Crippen LogP contribution in [0.5, 0.6) is 0 Å². The van der Waals surface area contributed by atoms with Gasteiger partial charge < -0.3 is 0 Å². The zero-order chi connectivity index (χ0) is 24.5. The standard InChI is InChI=1S/C32H37F3/c1-20-3-6-22(7-4-20)23-8-10-24(11-9-23)27-16-18-28(30(33)19-27)25-12-14-26(15-13-25)29-17-5-21(2)31(34)32(29)35/h5,12-20,22-24,31-32H,3-4,6-11H2,1-2H3. The molecular formula is C32H37F3. The highest BCUT2D eigenvalue weighted by Crippen LogP contribution is 2.44. The summed E-state index contributed by atoms with van der Waals surface area (Å²) in [4.78, 5) is 0. The maximum absolute atomic E-state index is 15.2. The van der Waals surface area contributed by atoms with Gasteiger partial charge in [-0.2, -0.15) is 0 Å². The Hall–Kier alpha value is -2.29. The van der Waals surface area contributed by atoms with E-state index >= 15 is 4.39 Å². The van der Waals surface area contributed by atoms with Crippen molar-refractivity contribution in [1.82, 2.24) is 0 Å². The molecule has 35 heavy (non-hydrogen) atoms. The van der Waals surface area contributed by atoms with Gasteiger partial charge in [0.05, 0.1) is 0 Å². The number of hydrogen-bond donors (Lipinski definition) is 0. The molecule has 2 atom stereocenters. The highest BCUT2D eigenvalue weighted by atomic mass is 19.2. The molecule has 2 unspecified atom stereocenters. The van der Waals surface area contributed by atoms with Gasteiger partial charge in [0.1, 0.15) is 5.82 Å². The van der Waals surface area contributed by atoms with Crippen LogP contribution in [0, 0.1) is 23.6 Å². The lowest BCUT2D eigenvalue weighted by Crippen LogP contribution is -2.24. The van der Waals surface area contributed by atoms with E-state index in [9.17, 15) is 8.78 Å². The summed E-state index contributed by atoms with van der Waals surface area (Å²) in [6.07, 6.45) is 10.4. The predicted molar refractivity (Wildman–Crippen MR) is 139 cm³/mol. The Bertz CT molecular complexity index is 1080. The van der Waals surface area contributed by atoms with Gasteiger partial charge in [0.2, 0.25) is 0 Å². The average Bonchev–Trinajstić information content (AvgIpc) is 2.88. The molecule has 2 fully saturated rings. The van der Waals surface area contributed by atoms with Crippen molar-refractivity contribution in [1.29, 1.82) is 0 Å². The van der Waals surface area contributed by atoms with Gasteiger partial charge in [-0.05, 0) is 103 Å². The van der Waals surface area contributed by atoms with Crippen LogP contribution in [0.1, 0.15) is 82.3 Å². The third-order valence-corrected chi connectivity index (χ3v) is 9.01. The van der Waals surface area contributed by atoms with E-state index in [2.05, 4.69) is 13.0 Å². The molecule has 3 aliphatic rings. The van der Waals surface area contributed by atoms with Crippen molar-refractivity contribution in [2.24, 2.45) is 17.8 Å². The largest absolute Gasteiger partial charge is 0.239 e. The van der Waals surface area contributed by atoms with Gasteiger partial charge in [-0.1, -0.05) is 68.3 Å². The van der Waals surface area contributed by atoms with Gasteiger partial charge >= 0.3 is 0 Å². The maximum Gasteiger partial charge on any atom is 0.161 e. The van der Waals surface area contributed by atoms with Crippen LogP contribution in [0.25, 0.3) is 16.7 Å². The van der Waals surface area contributed by atoms with Crippen molar-refractivity contribution >= 4 is 5.57 Å². The molecule has 2 saturated carbocycles. The number of alkyl halides is 2. The van der Waals surface area contributed by atoms with E-state index < -0.39 is 12.3 Å². The lowest BCUT2D eigenvalue weighted by atomic mass is 9.68. The Kier molecular flexibility index (Phi) is 7.23. The summed E-state index contributed by atoms with van der Waals surface area (Å²) in [7, 11) is 0. The molecule has 3 heteroatoms. The van der Waals surface area contributed by atoms with E-state index in [-0.39, 0.29) is 5.82 Å². The van der Waals surface area contributed by atoms with Crippen LogP contribution in [-0.2, 0) is 0 Å². The van der Waals surface area contributed by atoms with Gasteiger partial charge in [0, 0.05) is 5.56 Å². The molecule has 5 rings (SSSR count). The third kappa shape index (κ3) is 5.15. The van der Waals surface area contributed by atoms with E-state index in [0.717, 1.165) is 41.7 Å². The zero-order valence-electron chi connectivity index (χ0n) is 21.0. The fourth-order valence-corrected chi connectivity index (χ4v) is 6.59. The molecule has 0 aliphatic heterocycles. The summed E-state index contributed by atoms with van der Waals surface area (Å²) in [5, 5.41) is 0. The summed E-state index contributed by atoms with van der Waals surface area (Å²) in [5.41, 5.74) is 3.79. The minimum atomic E-state index is -1.67. The van der Waals surface area contributed by atoms with E-state index in [4.69, 9.17) is 0 Å². The first kappa shape index (κ1) is 24.4. The Labute approximate surface area is 208 Å². The van der Waals surface area contributed by atoms with Crippen molar-refractivity contribution in [3.8, 4) is 11.1 Å². The van der Waals surface area contributed by atoms with Crippen LogP contribution in [0.2, 0.25) is 0 Å². The number of allylic oxidation sites excluding steroid dienone is 4. The monoisotopic (exact) mass is 478 g/mol. The van der Waals surface area contributed by atoms with Gasteiger partial charge in [-0.25, -0.2) is 13.2 Å². The molecule has 0 amide bonds. The first-order chi connectivity index (χ1) is 16.9. The summed E-state index contributed by atoms with van der Waals surface area (Å²) >= 11 is 0. The fraction of sp³-hybridized carbons (Fsp3) is 0.500. The Morgan fingerprint density at radius 3 is 1.91 bits per heavy atom. The molecule has 0 nitrogen and oxygen atoms in total. The smallest absolute Gasteiger partial charge is 0.161 e. The molecule has 0 heterocycles. The van der Waals surface area contributed by atoms with Gasteiger partial charge in [-0.3, -0.25) is 0 Å². The van der Waals surface area contributed by atoms with E-state index in [1.165, 1.54) is 38.5 Å². The summed E-state index contributed by atoms with van der Waals surface area (Å²) in [6, 6.07) is 12.8. The van der Waals surface area contributed by atoms with E-state index in [1.54, 1.807) is 49.4 Å². The maximum atomic E-state index is 15.2. The topological polar surface area (TPSA) is 0 Å². The van der Waals surface area contributed by atoms with E-state index in [0.29, 0.717) is 28.2 Å². The molecule has 3 aliphatic carbocycles. The SMILES string of the molecule is CC1=CC=C(c2ccc(-c3ccc(C4CCC(C5CCC(C)CC5)CC4)cc3F)cc2)C(F)C1F. The third-order valence-electron chi connectivity index (χ3n) is 9.01. The van der Waals surface area contributed by atoms with E-state index in [1.807, 2.05) is 6.07 Å². The van der Waals surface area contributed by atoms with Crippen LogP contribution in [0.3, 0.4) is 0 Å². The van der Waals surface area contributed by atoms with Gasteiger partial charge in [0.25, 0.3) is 0 Å². The Morgan fingerprint density at radius 2 is 1.29 bits per heavy atom. The van der Waals surface area contributed by atoms with Gasteiger partial charge in [-0.15, -0.1) is 0 Å². The minimum Gasteiger partial charge on any atom is -0.239 e. The Morgan fingerprint density at radius 1 is 0.686 bits per heavy atom. The second-order valence-corrected chi connectivity index (χ2v) is 11.3. The first-order valence-corrected chi connectivity index (χ1v) is 13.5. The van der Waals surface area contributed by atoms with Gasteiger partial charge in [0.15, 0.2) is 12.3 Å². The van der Waals surface area contributed by atoms with Crippen molar-refractivity contribution in [3.05, 3.63) is 77.1 Å². The van der Waals surface area contributed by atoms with Crippen molar-refractivity contribution in [2.45, 2.75) is 83.5 Å². The zero-order valence-corrected chi connectivity index (χ0v) is 21.0. The molecule has 0 radical (unpaired) electrons. The molecule has 2 aromatic rings. The molecule has 0 saturated heterocycles. The molecule has 2 aromatic carbocycles. The van der Waals surface area contributed by atoms with Crippen molar-refractivity contribution < 1.29 is 13.2 Å². The molecular weight excluding hydrogens is 441 g/mol. The summed E-state index contributed by atoms with van der Waals surface area (Å²) < 4.78 is 43.8. The average molecular weight is 479 g/mol. The normalized spacial score (nSPS) is 31.6. The number of hydrogen-bond acceptors (Lipinski definition) is 0. The first-order valence-electron chi connectivity index (χ1n) is 13.5. The van der Waals surface area contributed by atoms with Crippen molar-refractivity contribution in [2.75, 3.05) is 0 Å². The predicted octanol–water partition coefficient (Wildman–Crippen LogP) is 9.61. The molecule has 0 bridgehead atoms. The highest BCUT2D eigenvalue weighted by Gasteiger charge is 2.31. The lowest BCUT2D eigenvalue weighted by Gasteiger charge is -2.37. The van der Waals surface area contributed by atoms with Crippen LogP contribution in [-0.4, -0.2) is 12.3 Å². The molecule has 0 aromatic heterocycles. The van der Waals surface area contributed by atoms with Crippen molar-refractivity contribution in [3.63, 3.8) is 0 Å². The quantitative estimate of drug-likeness (QED) is 0.410. The number of rotatable bonds is 4. The van der Waals surface area contributed by atoms with Crippen LogP contribution in [0.15, 0.2) is 60.2 Å². The van der Waals surface area contributed by atoms with Crippen LogP contribution < -0.4 is 0 Å². The fourth-order valence-electron chi connectivity index (χ4n) is 6.59. The Balaban J connectivity index is 1.24.